The summed E-state index contributed by atoms with van der Waals surface area (Å²) in [5, 5.41) is -0.958. The zero-order chi connectivity index (χ0) is 35.2. The number of methoxy groups -OCH3 is 2. The van der Waals surface area contributed by atoms with E-state index in [1.165, 1.54) is 0 Å². The molecule has 4 aromatic carbocycles. The molecule has 0 aliphatic heterocycles. The van der Waals surface area contributed by atoms with Crippen molar-refractivity contribution in [2.45, 2.75) is 25.2 Å². The molecular formula is C38H44N2O6Si2. The largest absolute Gasteiger partial charge is 0.497 e. The molecule has 0 aliphatic rings. The second kappa shape index (κ2) is 15.0. The van der Waals surface area contributed by atoms with Crippen molar-refractivity contribution < 1.29 is 28.7 Å². The minimum atomic E-state index is -3.59. The predicted molar refractivity (Wildman–Crippen MR) is 198 cm³/mol. The highest BCUT2D eigenvalue weighted by molar-refractivity contribution is 7.30. The zero-order valence-electron chi connectivity index (χ0n) is 29.0. The first kappa shape index (κ1) is 36.0. The number of carbonyl (C=O) groups is 4. The Labute approximate surface area is 285 Å². The first-order valence-electron chi connectivity index (χ1n) is 15.8. The summed E-state index contributed by atoms with van der Waals surface area (Å²) < 4.78 is 10.6. The van der Waals surface area contributed by atoms with Crippen molar-refractivity contribution in [3.63, 3.8) is 0 Å². The molecule has 0 N–H and O–H groups in total. The van der Waals surface area contributed by atoms with Gasteiger partial charge >= 0.3 is 0 Å². The van der Waals surface area contributed by atoms with E-state index in [1.54, 1.807) is 100 Å². The minimum absolute atomic E-state index is 0.133. The summed E-state index contributed by atoms with van der Waals surface area (Å²) in [6.07, 6.45) is 0. The van der Waals surface area contributed by atoms with Gasteiger partial charge in [-0.15, -0.1) is 0 Å². The Kier molecular flexibility index (Phi) is 11.2. The Morgan fingerprint density at radius 3 is 0.896 bits per heavy atom. The highest BCUT2D eigenvalue weighted by Gasteiger charge is 2.51. The third-order valence-corrected chi connectivity index (χ3v) is 17.3. The molecule has 0 saturated carbocycles. The average molecular weight is 681 g/mol. The van der Waals surface area contributed by atoms with Crippen molar-refractivity contribution >= 4 is 49.1 Å². The average Bonchev–Trinajstić information content (AvgIpc) is 3.12. The maximum absolute atomic E-state index is 14.5. The van der Waals surface area contributed by atoms with Crippen molar-refractivity contribution in [3.05, 3.63) is 119 Å². The molecule has 0 atom stereocenters. The van der Waals surface area contributed by atoms with Crippen molar-refractivity contribution in [1.29, 1.82) is 0 Å². The Balaban J connectivity index is 1.80. The number of anilines is 2. The van der Waals surface area contributed by atoms with E-state index in [0.29, 0.717) is 33.8 Å². The van der Waals surface area contributed by atoms with E-state index in [9.17, 15) is 19.2 Å². The van der Waals surface area contributed by atoms with Crippen LogP contribution >= 0.6 is 0 Å². The molecule has 0 bridgehead atoms. The molecule has 0 unspecified atom stereocenters. The number of hydrogen-bond acceptors (Lipinski definition) is 8. The number of nitrogens with zero attached hydrogens (tertiary/aromatic N) is 2. The normalized spacial score (nSPS) is 11.4. The van der Waals surface area contributed by atoms with Gasteiger partial charge < -0.3 is 19.3 Å². The van der Waals surface area contributed by atoms with Gasteiger partial charge in [0.2, 0.25) is 16.1 Å². The lowest BCUT2D eigenvalue weighted by Crippen LogP contribution is -2.55. The SMILES string of the molecule is COc1ccc(C(=O)[Si](C)(CC[Si](C)(C(=O)c2ccc(N(C)C)cc2)C(=O)c2ccc(N(C)C)cc2)C(=O)c2ccc(OC)cc2)cc1. The van der Waals surface area contributed by atoms with Gasteiger partial charge in [-0.3, -0.25) is 19.2 Å². The molecule has 8 nitrogen and oxygen atoms in total. The fourth-order valence-electron chi connectivity index (χ4n) is 5.74. The molecule has 0 fully saturated rings. The van der Waals surface area contributed by atoms with Crippen LogP contribution in [-0.2, 0) is 0 Å². The highest BCUT2D eigenvalue weighted by atomic mass is 28.3. The lowest BCUT2D eigenvalue weighted by atomic mass is 10.2. The zero-order valence-corrected chi connectivity index (χ0v) is 31.0. The van der Waals surface area contributed by atoms with Crippen LogP contribution in [0, 0.1) is 0 Å². The maximum atomic E-state index is 14.5. The van der Waals surface area contributed by atoms with E-state index in [2.05, 4.69) is 0 Å². The first-order chi connectivity index (χ1) is 22.7. The van der Waals surface area contributed by atoms with Gasteiger partial charge in [-0.1, -0.05) is 13.1 Å². The highest BCUT2D eigenvalue weighted by Crippen LogP contribution is 2.32. The van der Waals surface area contributed by atoms with Crippen LogP contribution in [0.1, 0.15) is 41.4 Å². The quantitative estimate of drug-likeness (QED) is 0.124. The molecule has 0 aromatic heterocycles. The van der Waals surface area contributed by atoms with Crippen LogP contribution in [0.15, 0.2) is 97.1 Å². The Bertz CT molecular complexity index is 1650. The number of benzene rings is 4. The van der Waals surface area contributed by atoms with Gasteiger partial charge in [-0.25, -0.2) is 0 Å². The van der Waals surface area contributed by atoms with Crippen LogP contribution in [0.3, 0.4) is 0 Å². The monoisotopic (exact) mass is 680 g/mol. The molecular weight excluding hydrogens is 637 g/mol. The molecule has 4 rings (SSSR count). The Morgan fingerprint density at radius 1 is 0.458 bits per heavy atom. The Morgan fingerprint density at radius 2 is 0.688 bits per heavy atom. The van der Waals surface area contributed by atoms with E-state index in [-0.39, 0.29) is 33.7 Å². The van der Waals surface area contributed by atoms with Crippen molar-refractivity contribution in [1.82, 2.24) is 0 Å². The molecule has 0 radical (unpaired) electrons. The lowest BCUT2D eigenvalue weighted by molar-refractivity contribution is 0.100. The van der Waals surface area contributed by atoms with Crippen LogP contribution in [0.5, 0.6) is 11.5 Å². The van der Waals surface area contributed by atoms with E-state index >= 15 is 0 Å². The molecule has 10 heteroatoms. The number of hydrogen-bond donors (Lipinski definition) is 0. The van der Waals surface area contributed by atoms with Crippen LogP contribution in [0.4, 0.5) is 11.4 Å². The van der Waals surface area contributed by atoms with Crippen molar-refractivity contribution in [2.24, 2.45) is 0 Å². The maximum Gasteiger partial charge on any atom is 0.217 e. The third-order valence-electron chi connectivity index (χ3n) is 9.13. The van der Waals surface area contributed by atoms with Crippen molar-refractivity contribution in [2.75, 3.05) is 52.2 Å². The fraction of sp³-hybridized carbons (Fsp3) is 0.263. The molecule has 4 aromatic rings. The number of rotatable bonds is 15. The second-order valence-corrected chi connectivity index (χ2v) is 21.0. The third kappa shape index (κ3) is 7.50. The summed E-state index contributed by atoms with van der Waals surface area (Å²) >= 11 is 0. The Hall–Kier alpha value is -4.81. The van der Waals surface area contributed by atoms with Gasteiger partial charge in [0.25, 0.3) is 0 Å². The molecule has 0 aliphatic carbocycles. The van der Waals surface area contributed by atoms with Crippen LogP contribution in [-0.4, -0.2) is 80.2 Å². The molecule has 0 spiro atoms. The number of carbonyl (C=O) groups excluding carboxylic acids is 4. The van der Waals surface area contributed by atoms with Gasteiger partial charge in [0.1, 0.15) is 33.1 Å². The second-order valence-electron chi connectivity index (χ2n) is 12.8. The summed E-state index contributed by atoms with van der Waals surface area (Å²) in [4.78, 5) is 61.7. The van der Waals surface area contributed by atoms with Gasteiger partial charge in [0.05, 0.1) is 14.2 Å². The minimum Gasteiger partial charge on any atom is -0.497 e. The summed E-state index contributed by atoms with van der Waals surface area (Å²) in [6, 6.07) is 28.2. The smallest absolute Gasteiger partial charge is 0.217 e. The fourth-order valence-corrected chi connectivity index (χ4v) is 14.3. The molecule has 250 valence electrons. The lowest BCUT2D eigenvalue weighted by Gasteiger charge is -2.30. The number of ether oxygens (including phenoxy) is 2. The summed E-state index contributed by atoms with van der Waals surface area (Å²) in [7, 11) is 3.60. The predicted octanol–water partition coefficient (Wildman–Crippen LogP) is 6.98. The van der Waals surface area contributed by atoms with Gasteiger partial charge in [0.15, 0.2) is 0 Å². The van der Waals surface area contributed by atoms with E-state index in [1.807, 2.05) is 62.3 Å². The summed E-state index contributed by atoms with van der Waals surface area (Å²) in [6.45, 7) is 3.54. The van der Waals surface area contributed by atoms with Crippen LogP contribution in [0.2, 0.25) is 25.2 Å². The van der Waals surface area contributed by atoms with E-state index in [4.69, 9.17) is 9.47 Å². The van der Waals surface area contributed by atoms with Gasteiger partial charge in [0, 0.05) is 61.8 Å². The van der Waals surface area contributed by atoms with Crippen LogP contribution in [0.25, 0.3) is 0 Å². The standard InChI is InChI=1S/C38H44N2O6Si2/c1-39(2)31-17-9-27(10-18-31)35(41)47(7,36(42)28-11-19-32(20-12-28)40(3)4)25-26-48(8,37(43)29-13-21-33(45-5)22-14-29)38(44)30-15-23-34(46-6)24-16-30/h9-24H,25-26H2,1-8H3. The van der Waals surface area contributed by atoms with Gasteiger partial charge in [-0.2, -0.15) is 0 Å². The first-order valence-corrected chi connectivity index (χ1v) is 21.2. The summed E-state index contributed by atoms with van der Waals surface area (Å²) in [5.74, 6) is 1.18. The van der Waals surface area contributed by atoms with Gasteiger partial charge in [-0.05, 0) is 109 Å². The van der Waals surface area contributed by atoms with Crippen LogP contribution < -0.4 is 19.3 Å². The molecule has 48 heavy (non-hydrogen) atoms. The molecule has 0 heterocycles. The molecule has 0 amide bonds. The molecule has 0 saturated heterocycles. The van der Waals surface area contributed by atoms with Crippen molar-refractivity contribution in [3.8, 4) is 11.5 Å². The summed E-state index contributed by atoms with van der Waals surface area (Å²) in [5.41, 5.74) is 3.53. The van der Waals surface area contributed by atoms with E-state index in [0.717, 1.165) is 11.4 Å². The van der Waals surface area contributed by atoms with E-state index < -0.39 is 16.1 Å². The topological polar surface area (TPSA) is 93.2 Å².